The van der Waals surface area contributed by atoms with Gasteiger partial charge in [0.05, 0.1) is 0 Å². The van der Waals surface area contributed by atoms with Gasteiger partial charge < -0.3 is 4.90 Å². The third-order valence-electron chi connectivity index (χ3n) is 10.9. The van der Waals surface area contributed by atoms with Crippen molar-refractivity contribution >= 4 is 48.6 Å². The Hall–Kier alpha value is -5.44. The Morgan fingerprint density at radius 2 is 1.10 bits per heavy atom. The number of benzene rings is 7. The molecule has 248 valence electrons. The maximum absolute atomic E-state index is 2.44. The summed E-state index contributed by atoms with van der Waals surface area (Å²) in [7, 11) is 0. The van der Waals surface area contributed by atoms with Crippen LogP contribution < -0.4 is 4.90 Å². The van der Waals surface area contributed by atoms with Gasteiger partial charge in [0, 0.05) is 42.6 Å². The minimum absolute atomic E-state index is 0.0238. The van der Waals surface area contributed by atoms with E-state index in [1.165, 1.54) is 70.2 Å². The molecule has 1 aliphatic rings. The molecule has 0 fully saturated rings. The summed E-state index contributed by atoms with van der Waals surface area (Å²) in [6, 6.07) is 58.4. The van der Waals surface area contributed by atoms with Crippen LogP contribution in [0.1, 0.15) is 51.3 Å². The summed E-state index contributed by atoms with van der Waals surface area (Å²) in [5.74, 6) is 0. The zero-order valence-corrected chi connectivity index (χ0v) is 30.7. The molecule has 0 bridgehead atoms. The predicted molar refractivity (Wildman–Crippen MR) is 221 cm³/mol. The highest BCUT2D eigenvalue weighted by atomic mass is 32.1. The van der Waals surface area contributed by atoms with Crippen molar-refractivity contribution < 1.29 is 0 Å². The molecule has 1 aromatic heterocycles. The molecule has 2 heteroatoms. The third-order valence-corrected chi connectivity index (χ3v) is 12.0. The highest BCUT2D eigenvalue weighted by Gasteiger charge is 2.36. The molecule has 7 aromatic carbocycles. The molecule has 8 aromatic rings. The normalized spacial score (nSPS) is 13.4. The first-order valence-corrected chi connectivity index (χ1v) is 18.7. The Labute approximate surface area is 305 Å². The van der Waals surface area contributed by atoms with E-state index in [4.69, 9.17) is 0 Å². The van der Waals surface area contributed by atoms with E-state index >= 15 is 0 Å². The third kappa shape index (κ3) is 5.29. The molecule has 0 saturated heterocycles. The van der Waals surface area contributed by atoms with Crippen LogP contribution >= 0.6 is 11.3 Å². The summed E-state index contributed by atoms with van der Waals surface area (Å²) in [4.78, 5) is 2.35. The molecule has 9 rings (SSSR count). The average molecular weight is 676 g/mol. The number of hydrogen-bond donors (Lipinski definition) is 0. The van der Waals surface area contributed by atoms with Gasteiger partial charge in [-0.25, -0.2) is 0 Å². The number of hydrogen-bond acceptors (Lipinski definition) is 2. The van der Waals surface area contributed by atoms with Gasteiger partial charge in [0.15, 0.2) is 0 Å². The lowest BCUT2D eigenvalue weighted by atomic mass is 9.79. The van der Waals surface area contributed by atoms with E-state index < -0.39 is 0 Å². The minimum atomic E-state index is -0.0238. The summed E-state index contributed by atoms with van der Waals surface area (Å²) in [5.41, 5.74) is 15.4. The van der Waals surface area contributed by atoms with Crippen molar-refractivity contribution in [3.05, 3.63) is 174 Å². The first-order chi connectivity index (χ1) is 24.7. The van der Waals surface area contributed by atoms with Gasteiger partial charge in [-0.1, -0.05) is 138 Å². The van der Waals surface area contributed by atoms with Gasteiger partial charge >= 0.3 is 0 Å². The van der Waals surface area contributed by atoms with E-state index in [-0.39, 0.29) is 10.8 Å². The zero-order valence-electron chi connectivity index (χ0n) is 29.9. The van der Waals surface area contributed by atoms with Crippen LogP contribution in [-0.4, -0.2) is 0 Å². The molecule has 1 nitrogen and oxygen atoms in total. The van der Waals surface area contributed by atoms with Crippen molar-refractivity contribution in [3.63, 3.8) is 0 Å². The average Bonchev–Trinajstić information content (AvgIpc) is 3.64. The minimum Gasteiger partial charge on any atom is -0.311 e. The molecular weight excluding hydrogens is 635 g/mol. The quantitative estimate of drug-likeness (QED) is 0.175. The van der Waals surface area contributed by atoms with Gasteiger partial charge in [0.2, 0.25) is 0 Å². The molecule has 0 radical (unpaired) electrons. The molecule has 0 N–H and O–H groups in total. The molecule has 0 aliphatic heterocycles. The lowest BCUT2D eigenvalue weighted by Gasteiger charge is -2.26. The molecule has 0 atom stereocenters. The van der Waals surface area contributed by atoms with Crippen molar-refractivity contribution in [1.82, 2.24) is 0 Å². The topological polar surface area (TPSA) is 3.24 Å². The second kappa shape index (κ2) is 11.8. The van der Waals surface area contributed by atoms with E-state index in [1.807, 2.05) is 11.3 Å². The fraction of sp³-hybridized carbons (Fsp3) is 0.143. The maximum Gasteiger partial charge on any atom is 0.0462 e. The van der Waals surface area contributed by atoms with Gasteiger partial charge in [0.25, 0.3) is 0 Å². The van der Waals surface area contributed by atoms with E-state index in [0.717, 1.165) is 17.1 Å². The molecule has 0 saturated carbocycles. The maximum atomic E-state index is 2.44. The van der Waals surface area contributed by atoms with Crippen molar-refractivity contribution in [3.8, 4) is 33.4 Å². The number of thiophene rings is 1. The summed E-state index contributed by atoms with van der Waals surface area (Å²) in [5, 5.41) is 2.67. The standard InChI is InChI=1S/C49H41NS/c1-48(2,3)35-23-28-40-42-30-34(22-29-43(42)49(4,5)44(40)31-35)32-18-24-37(25-19-32)50(36-12-7-6-8-13-36)38-26-20-33(21-27-38)39-15-11-17-46-47(39)41-14-9-10-16-45(41)51-46/h6-31H,1-5H3. The fourth-order valence-corrected chi connectivity index (χ4v) is 9.16. The summed E-state index contributed by atoms with van der Waals surface area (Å²) in [6.45, 7) is 11.6. The number of fused-ring (bicyclic) bond motifs is 6. The fourth-order valence-electron chi connectivity index (χ4n) is 8.03. The lowest BCUT2D eigenvalue weighted by molar-refractivity contribution is 0.584. The number of para-hydroxylation sites is 1. The highest BCUT2D eigenvalue weighted by Crippen LogP contribution is 2.51. The molecule has 1 aliphatic carbocycles. The molecule has 51 heavy (non-hydrogen) atoms. The van der Waals surface area contributed by atoms with Crippen LogP contribution in [0.5, 0.6) is 0 Å². The number of nitrogens with zero attached hydrogens (tertiary/aromatic N) is 1. The number of anilines is 3. The predicted octanol–water partition coefficient (Wildman–Crippen LogP) is 14.5. The van der Waals surface area contributed by atoms with Gasteiger partial charge in [-0.05, 0) is 110 Å². The van der Waals surface area contributed by atoms with Crippen molar-refractivity contribution in [2.45, 2.75) is 45.4 Å². The highest BCUT2D eigenvalue weighted by molar-refractivity contribution is 7.25. The molecule has 0 unspecified atom stereocenters. The van der Waals surface area contributed by atoms with Crippen molar-refractivity contribution in [1.29, 1.82) is 0 Å². The second-order valence-electron chi connectivity index (χ2n) is 15.4. The largest absolute Gasteiger partial charge is 0.311 e. The first-order valence-electron chi connectivity index (χ1n) is 17.9. The van der Waals surface area contributed by atoms with Crippen LogP contribution in [0.15, 0.2) is 158 Å². The van der Waals surface area contributed by atoms with Crippen molar-refractivity contribution in [2.24, 2.45) is 0 Å². The second-order valence-corrected chi connectivity index (χ2v) is 16.5. The Morgan fingerprint density at radius 1 is 0.471 bits per heavy atom. The molecule has 1 heterocycles. The SMILES string of the molecule is CC(C)(C)c1ccc2c(c1)C(C)(C)c1ccc(-c3ccc(N(c4ccccc4)c4ccc(-c5cccc6sc7ccccc7c56)cc4)cc3)cc1-2. The summed E-state index contributed by atoms with van der Waals surface area (Å²) >= 11 is 1.87. The van der Waals surface area contributed by atoms with E-state index in [1.54, 1.807) is 0 Å². The Balaban J connectivity index is 1.07. The first kappa shape index (κ1) is 31.5. The van der Waals surface area contributed by atoms with Crippen LogP contribution in [-0.2, 0) is 10.8 Å². The van der Waals surface area contributed by atoms with E-state index in [2.05, 4.69) is 197 Å². The molecular formula is C49H41NS. The van der Waals surface area contributed by atoms with Crippen LogP contribution in [0.3, 0.4) is 0 Å². The molecule has 0 spiro atoms. The summed E-state index contributed by atoms with van der Waals surface area (Å²) in [6.07, 6.45) is 0. The number of rotatable bonds is 5. The van der Waals surface area contributed by atoms with Gasteiger partial charge in [-0.2, -0.15) is 0 Å². The molecule has 0 amide bonds. The zero-order chi connectivity index (χ0) is 34.9. The van der Waals surface area contributed by atoms with Crippen LogP contribution in [0.4, 0.5) is 17.1 Å². The van der Waals surface area contributed by atoms with Gasteiger partial charge in [0.1, 0.15) is 0 Å². The monoisotopic (exact) mass is 675 g/mol. The smallest absolute Gasteiger partial charge is 0.0462 e. The van der Waals surface area contributed by atoms with Crippen LogP contribution in [0.25, 0.3) is 53.6 Å². The van der Waals surface area contributed by atoms with E-state index in [9.17, 15) is 0 Å². The van der Waals surface area contributed by atoms with Crippen LogP contribution in [0, 0.1) is 0 Å². The summed E-state index contributed by atoms with van der Waals surface area (Å²) < 4.78 is 2.66. The Bertz CT molecular complexity index is 2560. The van der Waals surface area contributed by atoms with E-state index in [0.29, 0.717) is 0 Å². The van der Waals surface area contributed by atoms with Gasteiger partial charge in [-0.15, -0.1) is 11.3 Å². The van der Waals surface area contributed by atoms with Crippen LogP contribution in [0.2, 0.25) is 0 Å². The van der Waals surface area contributed by atoms with Gasteiger partial charge in [-0.3, -0.25) is 0 Å². The Morgan fingerprint density at radius 3 is 1.82 bits per heavy atom. The Kier molecular flexibility index (Phi) is 7.31. The lowest BCUT2D eigenvalue weighted by Crippen LogP contribution is -2.17. The van der Waals surface area contributed by atoms with Crippen molar-refractivity contribution in [2.75, 3.05) is 4.90 Å².